The highest BCUT2D eigenvalue weighted by atomic mass is 16.5. The molecule has 3 unspecified atom stereocenters. The first-order valence-electron chi connectivity index (χ1n) is 13.8. The fraction of sp³-hybridized carbons (Fsp3) is 0.452. The minimum absolute atomic E-state index is 0.0367. The fourth-order valence-corrected chi connectivity index (χ4v) is 5.06. The van der Waals surface area contributed by atoms with Gasteiger partial charge in [0.25, 0.3) is 0 Å². The number of allylic oxidation sites excluding steroid dienone is 2. The van der Waals surface area contributed by atoms with Gasteiger partial charge in [-0.1, -0.05) is 54.6 Å². The Bertz CT molecular complexity index is 1120. The lowest BCUT2D eigenvalue weighted by atomic mass is 9.97. The van der Waals surface area contributed by atoms with Gasteiger partial charge in [-0.2, -0.15) is 0 Å². The molecule has 2 aliphatic rings. The number of aliphatic hydroxyl groups is 1. The number of esters is 1. The van der Waals surface area contributed by atoms with Crippen molar-refractivity contribution in [3.05, 3.63) is 77.9 Å². The SMILES string of the molecule is O=C(CC1CC=CCCC(=O)OCC2CCCN2C1=O)NC(CO)Cc1ccc(OCc2ccccc2)cc1. The first-order valence-corrected chi connectivity index (χ1v) is 13.8. The van der Waals surface area contributed by atoms with Crippen LogP contribution >= 0.6 is 0 Å². The highest BCUT2D eigenvalue weighted by molar-refractivity contribution is 5.86. The van der Waals surface area contributed by atoms with Gasteiger partial charge in [0.15, 0.2) is 0 Å². The zero-order valence-electron chi connectivity index (χ0n) is 22.3. The minimum atomic E-state index is -0.502. The van der Waals surface area contributed by atoms with Gasteiger partial charge < -0.3 is 24.8 Å². The van der Waals surface area contributed by atoms with E-state index in [1.165, 1.54) is 0 Å². The maximum Gasteiger partial charge on any atom is 0.306 e. The Morgan fingerprint density at radius 1 is 1.08 bits per heavy atom. The van der Waals surface area contributed by atoms with Crippen LogP contribution in [0, 0.1) is 5.92 Å². The fourth-order valence-electron chi connectivity index (χ4n) is 5.06. The number of hydrogen-bond donors (Lipinski definition) is 2. The standard InChI is InChI=1S/C31H38N2O6/c34-20-26(18-23-13-15-28(16-14-23)38-21-24-8-3-1-4-9-24)32-29(35)19-25-10-5-2-6-12-30(36)39-22-27-11-7-17-33(27)31(25)37/h1-5,8-9,13-16,25-27,34H,6-7,10-12,17-22H2,(H,32,35). The molecule has 8 heteroatoms. The molecule has 0 aromatic heterocycles. The van der Waals surface area contributed by atoms with Crippen LogP contribution in [0.3, 0.4) is 0 Å². The van der Waals surface area contributed by atoms with Crippen LogP contribution in [0.5, 0.6) is 5.75 Å². The number of hydrogen-bond acceptors (Lipinski definition) is 6. The topological polar surface area (TPSA) is 105 Å². The van der Waals surface area contributed by atoms with Gasteiger partial charge in [-0.05, 0) is 55.4 Å². The van der Waals surface area contributed by atoms with E-state index in [9.17, 15) is 19.5 Å². The summed E-state index contributed by atoms with van der Waals surface area (Å²) < 4.78 is 11.2. The van der Waals surface area contributed by atoms with E-state index in [-0.39, 0.29) is 43.5 Å². The molecular weight excluding hydrogens is 496 g/mol. The predicted molar refractivity (Wildman–Crippen MR) is 147 cm³/mol. The Morgan fingerprint density at radius 2 is 1.87 bits per heavy atom. The predicted octanol–water partition coefficient (Wildman–Crippen LogP) is 3.57. The molecule has 8 nitrogen and oxygen atoms in total. The average Bonchev–Trinajstić information content (AvgIpc) is 3.43. The number of amides is 2. The molecule has 208 valence electrons. The summed E-state index contributed by atoms with van der Waals surface area (Å²) in [5.41, 5.74) is 2.05. The second-order valence-corrected chi connectivity index (χ2v) is 10.2. The highest BCUT2D eigenvalue weighted by Gasteiger charge is 2.34. The van der Waals surface area contributed by atoms with Gasteiger partial charge in [-0.25, -0.2) is 0 Å². The van der Waals surface area contributed by atoms with Crippen LogP contribution in [0.1, 0.15) is 49.7 Å². The molecule has 2 heterocycles. The first-order chi connectivity index (χ1) is 19.0. The maximum absolute atomic E-state index is 13.4. The molecule has 2 aliphatic heterocycles. The molecule has 39 heavy (non-hydrogen) atoms. The van der Waals surface area contributed by atoms with E-state index < -0.39 is 12.0 Å². The number of carbonyl (C=O) groups is 3. The molecule has 2 aromatic carbocycles. The number of nitrogens with zero attached hydrogens (tertiary/aromatic N) is 1. The Balaban J connectivity index is 1.32. The van der Waals surface area contributed by atoms with Crippen LogP contribution in [-0.2, 0) is 32.1 Å². The lowest BCUT2D eigenvalue weighted by molar-refractivity contribution is -0.148. The number of carbonyl (C=O) groups excluding carboxylic acids is 3. The molecule has 4 rings (SSSR count). The Labute approximate surface area is 230 Å². The van der Waals surface area contributed by atoms with Gasteiger partial charge in [0.2, 0.25) is 11.8 Å². The largest absolute Gasteiger partial charge is 0.489 e. The summed E-state index contributed by atoms with van der Waals surface area (Å²) in [7, 11) is 0. The summed E-state index contributed by atoms with van der Waals surface area (Å²) in [4.78, 5) is 40.1. The van der Waals surface area contributed by atoms with Gasteiger partial charge >= 0.3 is 5.97 Å². The number of ether oxygens (including phenoxy) is 2. The normalized spacial score (nSPS) is 20.8. The third-order valence-electron chi connectivity index (χ3n) is 7.22. The molecule has 0 bridgehead atoms. The molecule has 1 saturated heterocycles. The van der Waals surface area contributed by atoms with Crippen molar-refractivity contribution in [1.82, 2.24) is 10.2 Å². The molecule has 1 fully saturated rings. The number of fused-ring (bicyclic) bond motifs is 1. The molecule has 2 aromatic rings. The second-order valence-electron chi connectivity index (χ2n) is 10.2. The summed E-state index contributed by atoms with van der Waals surface area (Å²) in [6, 6.07) is 16.9. The number of rotatable bonds is 9. The number of nitrogens with one attached hydrogen (secondary N) is 1. The third-order valence-corrected chi connectivity index (χ3v) is 7.22. The first kappa shape index (κ1) is 28.4. The smallest absolute Gasteiger partial charge is 0.306 e. The van der Waals surface area contributed by atoms with Crippen molar-refractivity contribution >= 4 is 17.8 Å². The van der Waals surface area contributed by atoms with E-state index in [1.807, 2.05) is 66.7 Å². The molecule has 2 amide bonds. The quantitative estimate of drug-likeness (QED) is 0.377. The molecule has 0 radical (unpaired) electrons. The Kier molecular flexibility index (Phi) is 10.5. The monoisotopic (exact) mass is 534 g/mol. The molecule has 3 atom stereocenters. The second kappa shape index (κ2) is 14.5. The summed E-state index contributed by atoms with van der Waals surface area (Å²) >= 11 is 0. The highest BCUT2D eigenvalue weighted by Crippen LogP contribution is 2.24. The van der Waals surface area contributed by atoms with E-state index >= 15 is 0 Å². The van der Waals surface area contributed by atoms with E-state index in [2.05, 4.69) is 5.32 Å². The van der Waals surface area contributed by atoms with Gasteiger partial charge in [-0.15, -0.1) is 0 Å². The molecule has 0 spiro atoms. The van der Waals surface area contributed by atoms with Gasteiger partial charge in [-0.3, -0.25) is 14.4 Å². The van der Waals surface area contributed by atoms with E-state index in [0.29, 0.717) is 38.8 Å². The summed E-state index contributed by atoms with van der Waals surface area (Å²) in [6.07, 6.45) is 7.16. The van der Waals surface area contributed by atoms with Crippen LogP contribution < -0.4 is 10.1 Å². The van der Waals surface area contributed by atoms with Gasteiger partial charge in [0.1, 0.15) is 19.0 Å². The zero-order chi connectivity index (χ0) is 27.5. The minimum Gasteiger partial charge on any atom is -0.489 e. The van der Waals surface area contributed by atoms with Crippen molar-refractivity contribution < 1.29 is 29.0 Å². The van der Waals surface area contributed by atoms with Crippen LogP contribution in [0.25, 0.3) is 0 Å². The van der Waals surface area contributed by atoms with Crippen molar-refractivity contribution in [3.8, 4) is 5.75 Å². The van der Waals surface area contributed by atoms with E-state index in [1.54, 1.807) is 4.90 Å². The van der Waals surface area contributed by atoms with Crippen molar-refractivity contribution in [2.75, 3.05) is 19.8 Å². The lowest BCUT2D eigenvalue weighted by Gasteiger charge is -2.29. The van der Waals surface area contributed by atoms with Crippen molar-refractivity contribution in [2.24, 2.45) is 5.92 Å². The van der Waals surface area contributed by atoms with Crippen LogP contribution in [-0.4, -0.2) is 59.6 Å². The van der Waals surface area contributed by atoms with Crippen LogP contribution in [0.15, 0.2) is 66.7 Å². The van der Waals surface area contributed by atoms with Crippen LogP contribution in [0.2, 0.25) is 0 Å². The van der Waals surface area contributed by atoms with Crippen molar-refractivity contribution in [2.45, 2.75) is 63.6 Å². The average molecular weight is 535 g/mol. The summed E-state index contributed by atoms with van der Waals surface area (Å²) in [6.45, 7) is 1.08. The summed E-state index contributed by atoms with van der Waals surface area (Å²) in [5.74, 6) is -0.355. The summed E-state index contributed by atoms with van der Waals surface area (Å²) in [5, 5.41) is 12.9. The van der Waals surface area contributed by atoms with Gasteiger partial charge in [0.05, 0.1) is 24.6 Å². The third kappa shape index (κ3) is 8.68. The molecule has 2 N–H and O–H groups in total. The Hall–Kier alpha value is -3.65. The molecule has 0 aliphatic carbocycles. The van der Waals surface area contributed by atoms with E-state index in [4.69, 9.17) is 9.47 Å². The number of aliphatic hydroxyl groups excluding tert-OH is 1. The maximum atomic E-state index is 13.4. The van der Waals surface area contributed by atoms with E-state index in [0.717, 1.165) is 29.7 Å². The van der Waals surface area contributed by atoms with Crippen molar-refractivity contribution in [3.63, 3.8) is 0 Å². The number of cyclic esters (lactones) is 1. The number of benzene rings is 2. The molecule has 0 saturated carbocycles. The zero-order valence-corrected chi connectivity index (χ0v) is 22.3. The van der Waals surface area contributed by atoms with Crippen molar-refractivity contribution in [1.29, 1.82) is 0 Å². The van der Waals surface area contributed by atoms with Crippen LogP contribution in [0.4, 0.5) is 0 Å². The lowest BCUT2D eigenvalue weighted by Crippen LogP contribution is -2.45. The van der Waals surface area contributed by atoms with Gasteiger partial charge in [0, 0.05) is 19.4 Å². The molecular formula is C31H38N2O6. The Morgan fingerprint density at radius 3 is 2.64 bits per heavy atom.